The summed E-state index contributed by atoms with van der Waals surface area (Å²) >= 11 is 12.9. The zero-order chi connectivity index (χ0) is 11.7. The third kappa shape index (κ3) is 1.91. The zero-order valence-corrected chi connectivity index (χ0v) is 10.2. The van der Waals surface area contributed by atoms with Crippen LogP contribution in [0.1, 0.15) is 10.4 Å². The van der Waals surface area contributed by atoms with Gasteiger partial charge in [0.25, 0.3) is 5.91 Å². The summed E-state index contributed by atoms with van der Waals surface area (Å²) in [6, 6.07) is 7.14. The van der Waals surface area contributed by atoms with Crippen LogP contribution in [0.3, 0.4) is 0 Å². The van der Waals surface area contributed by atoms with Gasteiger partial charge in [-0.05, 0) is 17.6 Å². The first-order valence-corrected chi connectivity index (χ1v) is 5.84. The Balaban J connectivity index is 2.66. The lowest BCUT2D eigenvalue weighted by Crippen LogP contribution is -2.11. The number of carbonyl (C=O) groups is 1. The molecule has 0 unspecified atom stereocenters. The number of hydrogen-bond donors (Lipinski definition) is 1. The van der Waals surface area contributed by atoms with Gasteiger partial charge in [0, 0.05) is 10.6 Å². The lowest BCUT2D eigenvalue weighted by molar-refractivity contribution is 0.100. The van der Waals surface area contributed by atoms with E-state index < -0.39 is 5.91 Å². The van der Waals surface area contributed by atoms with Gasteiger partial charge in [0.1, 0.15) is 0 Å². The van der Waals surface area contributed by atoms with E-state index in [4.69, 9.17) is 28.9 Å². The standard InChI is InChI=1S/C10H6Cl2N2OS/c11-6-4-2-1-3-5(6)8-7(10(13)15)9(12)14-16-8/h1-4H,(H2,13,15). The molecule has 0 radical (unpaired) electrons. The second-order valence-electron chi connectivity index (χ2n) is 3.02. The van der Waals surface area contributed by atoms with Crippen LogP contribution in [0.5, 0.6) is 0 Å². The summed E-state index contributed by atoms with van der Waals surface area (Å²) in [7, 11) is 0. The summed E-state index contributed by atoms with van der Waals surface area (Å²) in [6.45, 7) is 0. The van der Waals surface area contributed by atoms with E-state index in [2.05, 4.69) is 4.37 Å². The summed E-state index contributed by atoms with van der Waals surface area (Å²) in [6.07, 6.45) is 0. The van der Waals surface area contributed by atoms with Crippen LogP contribution < -0.4 is 5.73 Å². The normalized spacial score (nSPS) is 10.4. The van der Waals surface area contributed by atoms with Gasteiger partial charge in [-0.2, -0.15) is 4.37 Å². The fourth-order valence-electron chi connectivity index (χ4n) is 1.31. The largest absolute Gasteiger partial charge is 0.365 e. The highest BCUT2D eigenvalue weighted by Crippen LogP contribution is 2.36. The third-order valence-corrected chi connectivity index (χ3v) is 3.60. The van der Waals surface area contributed by atoms with Gasteiger partial charge in [0.05, 0.1) is 10.4 Å². The maximum absolute atomic E-state index is 11.2. The molecule has 16 heavy (non-hydrogen) atoms. The van der Waals surface area contributed by atoms with Gasteiger partial charge in [-0.1, -0.05) is 41.4 Å². The fourth-order valence-corrected chi connectivity index (χ4v) is 2.77. The van der Waals surface area contributed by atoms with Crippen LogP contribution in [0.2, 0.25) is 10.2 Å². The fraction of sp³-hybridized carbons (Fsp3) is 0. The molecule has 1 heterocycles. The maximum atomic E-state index is 11.2. The molecule has 6 heteroatoms. The predicted octanol–water partition coefficient (Wildman–Crippen LogP) is 3.22. The third-order valence-electron chi connectivity index (χ3n) is 2.02. The number of hydrogen-bond acceptors (Lipinski definition) is 3. The van der Waals surface area contributed by atoms with Gasteiger partial charge in [-0.15, -0.1) is 0 Å². The number of primary amides is 1. The quantitative estimate of drug-likeness (QED) is 0.913. The topological polar surface area (TPSA) is 56.0 Å². The van der Waals surface area contributed by atoms with Gasteiger partial charge in [0.2, 0.25) is 0 Å². The number of aromatic nitrogens is 1. The van der Waals surface area contributed by atoms with Crippen molar-refractivity contribution in [1.82, 2.24) is 4.37 Å². The zero-order valence-electron chi connectivity index (χ0n) is 7.91. The Kier molecular flexibility index (Phi) is 3.14. The molecule has 0 atom stereocenters. The lowest BCUT2D eigenvalue weighted by Gasteiger charge is -2.02. The van der Waals surface area contributed by atoms with Crippen LogP contribution in [0, 0.1) is 0 Å². The van der Waals surface area contributed by atoms with E-state index in [0.29, 0.717) is 15.5 Å². The molecular weight excluding hydrogens is 267 g/mol. The number of nitrogens with two attached hydrogens (primary N) is 1. The van der Waals surface area contributed by atoms with Crippen molar-refractivity contribution >= 4 is 40.6 Å². The van der Waals surface area contributed by atoms with E-state index in [1.54, 1.807) is 18.2 Å². The van der Waals surface area contributed by atoms with Gasteiger partial charge < -0.3 is 5.73 Å². The minimum Gasteiger partial charge on any atom is -0.365 e. The number of nitrogens with zero attached hydrogens (tertiary/aromatic N) is 1. The van der Waals surface area contributed by atoms with E-state index >= 15 is 0 Å². The molecule has 0 aliphatic rings. The summed E-state index contributed by atoms with van der Waals surface area (Å²) in [5, 5.41) is 0.651. The summed E-state index contributed by atoms with van der Waals surface area (Å²) in [5.74, 6) is -0.603. The van der Waals surface area contributed by atoms with Crippen LogP contribution >= 0.6 is 34.7 Å². The van der Waals surface area contributed by atoms with E-state index in [9.17, 15) is 4.79 Å². The monoisotopic (exact) mass is 272 g/mol. The first-order valence-electron chi connectivity index (χ1n) is 4.31. The highest BCUT2D eigenvalue weighted by Gasteiger charge is 2.19. The first-order chi connectivity index (χ1) is 7.61. The van der Waals surface area contributed by atoms with Crippen LogP contribution in [0.4, 0.5) is 0 Å². The first kappa shape index (κ1) is 11.4. The van der Waals surface area contributed by atoms with Crippen molar-refractivity contribution in [1.29, 1.82) is 0 Å². The van der Waals surface area contributed by atoms with Crippen molar-refractivity contribution in [3.63, 3.8) is 0 Å². The molecule has 0 aliphatic heterocycles. The molecule has 1 aromatic heterocycles. The molecule has 1 amide bonds. The Labute approximate surface area is 106 Å². The van der Waals surface area contributed by atoms with Crippen LogP contribution in [-0.2, 0) is 0 Å². The van der Waals surface area contributed by atoms with Crippen molar-refractivity contribution < 1.29 is 4.79 Å². The molecule has 2 N–H and O–H groups in total. The highest BCUT2D eigenvalue weighted by atomic mass is 35.5. The van der Waals surface area contributed by atoms with Crippen molar-refractivity contribution in [2.45, 2.75) is 0 Å². The van der Waals surface area contributed by atoms with Crippen LogP contribution in [0.15, 0.2) is 24.3 Å². The molecule has 0 saturated carbocycles. The second-order valence-corrected chi connectivity index (χ2v) is 4.56. The minimum atomic E-state index is -0.603. The average Bonchev–Trinajstić information content (AvgIpc) is 2.61. The maximum Gasteiger partial charge on any atom is 0.253 e. The summed E-state index contributed by atoms with van der Waals surface area (Å²) in [5.41, 5.74) is 6.18. The number of halogens is 2. The minimum absolute atomic E-state index is 0.118. The SMILES string of the molecule is NC(=O)c1c(Cl)nsc1-c1ccccc1Cl. The molecule has 0 spiro atoms. The predicted molar refractivity (Wildman–Crippen MR) is 66.1 cm³/mol. The Hall–Kier alpha value is -1.10. The van der Waals surface area contributed by atoms with E-state index in [0.717, 1.165) is 11.5 Å². The number of benzene rings is 1. The van der Waals surface area contributed by atoms with Crippen molar-refractivity contribution in [2.24, 2.45) is 5.73 Å². The van der Waals surface area contributed by atoms with E-state index in [1.807, 2.05) is 6.07 Å². The van der Waals surface area contributed by atoms with Gasteiger partial charge in [0.15, 0.2) is 5.15 Å². The Bertz CT molecular complexity index is 554. The second kappa shape index (κ2) is 4.41. The van der Waals surface area contributed by atoms with Gasteiger partial charge in [-0.3, -0.25) is 4.79 Å². The van der Waals surface area contributed by atoms with Crippen molar-refractivity contribution in [3.05, 3.63) is 40.0 Å². The molecule has 0 saturated heterocycles. The Morgan fingerprint density at radius 2 is 2.00 bits per heavy atom. The molecule has 1 aromatic carbocycles. The van der Waals surface area contributed by atoms with Crippen molar-refractivity contribution in [3.8, 4) is 10.4 Å². The van der Waals surface area contributed by atoms with Crippen LogP contribution in [0.25, 0.3) is 10.4 Å². The van der Waals surface area contributed by atoms with Crippen molar-refractivity contribution in [2.75, 3.05) is 0 Å². The molecule has 0 aliphatic carbocycles. The average molecular weight is 273 g/mol. The van der Waals surface area contributed by atoms with Gasteiger partial charge in [-0.25, -0.2) is 0 Å². The molecular formula is C10H6Cl2N2OS. The molecule has 2 rings (SSSR count). The summed E-state index contributed by atoms with van der Waals surface area (Å²) in [4.78, 5) is 11.8. The summed E-state index contributed by atoms with van der Waals surface area (Å²) < 4.78 is 3.90. The number of amides is 1. The molecule has 3 nitrogen and oxygen atoms in total. The molecule has 82 valence electrons. The van der Waals surface area contributed by atoms with E-state index in [-0.39, 0.29) is 10.7 Å². The van der Waals surface area contributed by atoms with Crippen LogP contribution in [-0.4, -0.2) is 10.3 Å². The smallest absolute Gasteiger partial charge is 0.253 e. The number of rotatable bonds is 2. The molecule has 2 aromatic rings. The lowest BCUT2D eigenvalue weighted by atomic mass is 10.1. The molecule has 0 bridgehead atoms. The Morgan fingerprint density at radius 3 is 2.62 bits per heavy atom. The highest BCUT2D eigenvalue weighted by molar-refractivity contribution is 7.10. The van der Waals surface area contributed by atoms with Gasteiger partial charge >= 0.3 is 0 Å². The Morgan fingerprint density at radius 1 is 1.31 bits per heavy atom. The van der Waals surface area contributed by atoms with E-state index in [1.165, 1.54) is 0 Å². The molecule has 0 fully saturated rings. The number of carbonyl (C=O) groups excluding carboxylic acids is 1.